The maximum Gasteiger partial charge on any atom is 0.251 e. The summed E-state index contributed by atoms with van der Waals surface area (Å²) in [6.07, 6.45) is 9.16. The summed E-state index contributed by atoms with van der Waals surface area (Å²) in [4.78, 5) is 12.1. The Morgan fingerprint density at radius 3 is 3.05 bits per heavy atom. The number of fused-ring (bicyclic) bond motifs is 1. The van der Waals surface area contributed by atoms with Gasteiger partial charge in [-0.15, -0.1) is 0 Å². The summed E-state index contributed by atoms with van der Waals surface area (Å²) in [6.45, 7) is 0.651. The van der Waals surface area contributed by atoms with E-state index in [-0.39, 0.29) is 5.91 Å². The topological polar surface area (TPSA) is 64.2 Å². The van der Waals surface area contributed by atoms with Gasteiger partial charge in [0.15, 0.2) is 0 Å². The van der Waals surface area contributed by atoms with Gasteiger partial charge < -0.3 is 5.32 Å². The van der Waals surface area contributed by atoms with Gasteiger partial charge in [-0.2, -0.15) is 10.2 Å². The van der Waals surface area contributed by atoms with Crippen molar-refractivity contribution in [2.45, 2.75) is 12.8 Å². The Morgan fingerprint density at radius 2 is 2.24 bits per heavy atom. The van der Waals surface area contributed by atoms with E-state index in [0.717, 1.165) is 18.4 Å². The largest absolute Gasteiger partial charge is 0.352 e. The number of rotatable bonds is 5. The highest BCUT2D eigenvalue weighted by Gasteiger charge is 2.06. The van der Waals surface area contributed by atoms with Crippen molar-refractivity contribution in [1.82, 2.24) is 24.7 Å². The normalized spacial score (nSPS) is 10.9. The van der Waals surface area contributed by atoms with Crippen molar-refractivity contribution >= 4 is 11.4 Å². The lowest BCUT2D eigenvalue weighted by molar-refractivity contribution is 0.0953. The molecule has 0 saturated carbocycles. The number of hydrogen-bond acceptors (Lipinski definition) is 3. The van der Waals surface area contributed by atoms with Gasteiger partial charge in [-0.1, -0.05) is 0 Å². The zero-order chi connectivity index (χ0) is 14.7. The van der Waals surface area contributed by atoms with Crippen molar-refractivity contribution in [2.24, 2.45) is 7.05 Å². The summed E-state index contributed by atoms with van der Waals surface area (Å²) >= 11 is 0. The third kappa shape index (κ3) is 3.10. The molecule has 0 aliphatic carbocycles. The third-order valence-corrected chi connectivity index (χ3v) is 3.35. The van der Waals surface area contributed by atoms with Crippen LogP contribution in [0.25, 0.3) is 5.52 Å². The molecule has 0 saturated heterocycles. The molecule has 0 spiro atoms. The number of hydrogen-bond donors (Lipinski definition) is 1. The summed E-state index contributed by atoms with van der Waals surface area (Å²) < 4.78 is 3.52. The van der Waals surface area contributed by atoms with Gasteiger partial charge in [-0.05, 0) is 36.6 Å². The van der Waals surface area contributed by atoms with Gasteiger partial charge in [0.25, 0.3) is 5.91 Å². The average molecular weight is 283 g/mol. The molecule has 3 heterocycles. The Balaban J connectivity index is 1.51. The molecule has 1 amide bonds. The quantitative estimate of drug-likeness (QED) is 0.720. The van der Waals surface area contributed by atoms with E-state index in [1.165, 1.54) is 5.56 Å². The van der Waals surface area contributed by atoms with Crippen molar-refractivity contribution in [3.63, 3.8) is 0 Å². The van der Waals surface area contributed by atoms with Crippen molar-refractivity contribution in [3.8, 4) is 0 Å². The molecule has 0 unspecified atom stereocenters. The maximum absolute atomic E-state index is 12.1. The fourth-order valence-electron chi connectivity index (χ4n) is 2.26. The molecule has 3 aromatic rings. The highest BCUT2D eigenvalue weighted by atomic mass is 16.1. The first-order chi connectivity index (χ1) is 10.2. The van der Waals surface area contributed by atoms with E-state index in [4.69, 9.17) is 0 Å². The molecule has 0 fully saturated rings. The predicted octanol–water partition coefficient (Wildman–Crippen LogP) is 1.43. The standard InChI is InChI=1S/C15H17N5O/c1-19-11-12(10-18-19)3-2-6-16-15(21)13-5-8-20-14(9-13)4-7-17-20/h4-5,7-11H,2-3,6H2,1H3,(H,16,21). The summed E-state index contributed by atoms with van der Waals surface area (Å²) in [7, 11) is 1.90. The van der Waals surface area contributed by atoms with Crippen LogP contribution in [0.4, 0.5) is 0 Å². The number of carbonyl (C=O) groups excluding carboxylic acids is 1. The third-order valence-electron chi connectivity index (χ3n) is 3.35. The summed E-state index contributed by atoms with van der Waals surface area (Å²) in [5.41, 5.74) is 2.76. The van der Waals surface area contributed by atoms with Crippen molar-refractivity contribution < 1.29 is 4.79 Å². The molecule has 3 aromatic heterocycles. The summed E-state index contributed by atoms with van der Waals surface area (Å²) in [5, 5.41) is 11.2. The zero-order valence-corrected chi connectivity index (χ0v) is 11.9. The highest BCUT2D eigenvalue weighted by Crippen LogP contribution is 2.06. The second-order valence-electron chi connectivity index (χ2n) is 5.00. The number of nitrogens with zero attached hydrogens (tertiary/aromatic N) is 4. The first-order valence-corrected chi connectivity index (χ1v) is 6.91. The molecule has 1 N–H and O–H groups in total. The van der Waals surface area contributed by atoms with Gasteiger partial charge >= 0.3 is 0 Å². The monoisotopic (exact) mass is 283 g/mol. The molecular weight excluding hydrogens is 266 g/mol. The molecular formula is C15H17N5O. The minimum Gasteiger partial charge on any atom is -0.352 e. The molecule has 0 aliphatic heterocycles. The van der Waals surface area contributed by atoms with Gasteiger partial charge in [0.2, 0.25) is 0 Å². The van der Waals surface area contributed by atoms with E-state index < -0.39 is 0 Å². The molecule has 108 valence electrons. The maximum atomic E-state index is 12.1. The Bertz CT molecular complexity index is 758. The first kappa shape index (κ1) is 13.4. The molecule has 0 atom stereocenters. The highest BCUT2D eigenvalue weighted by molar-refractivity contribution is 5.95. The van der Waals surface area contributed by atoms with Gasteiger partial charge in [0.1, 0.15) is 0 Å². The van der Waals surface area contributed by atoms with E-state index in [2.05, 4.69) is 15.5 Å². The van der Waals surface area contributed by atoms with Crippen LogP contribution in [0.5, 0.6) is 0 Å². The van der Waals surface area contributed by atoms with Gasteiger partial charge in [0.05, 0.1) is 11.7 Å². The first-order valence-electron chi connectivity index (χ1n) is 6.91. The fourth-order valence-corrected chi connectivity index (χ4v) is 2.26. The summed E-state index contributed by atoms with van der Waals surface area (Å²) in [5.74, 6) is -0.0510. The fraction of sp³-hybridized carbons (Fsp3) is 0.267. The lowest BCUT2D eigenvalue weighted by Gasteiger charge is -2.05. The minimum atomic E-state index is -0.0510. The predicted molar refractivity (Wildman–Crippen MR) is 79.1 cm³/mol. The molecule has 0 aliphatic rings. The second-order valence-corrected chi connectivity index (χ2v) is 5.00. The van der Waals surface area contributed by atoms with E-state index in [1.807, 2.05) is 31.6 Å². The number of carbonyl (C=O) groups is 1. The number of nitrogens with one attached hydrogen (secondary N) is 1. The number of amides is 1. The Hall–Kier alpha value is -2.63. The summed E-state index contributed by atoms with van der Waals surface area (Å²) in [6, 6.07) is 5.49. The van der Waals surface area contributed by atoms with Crippen LogP contribution in [0.3, 0.4) is 0 Å². The lowest BCUT2D eigenvalue weighted by Crippen LogP contribution is -2.24. The van der Waals surface area contributed by atoms with E-state index >= 15 is 0 Å². The molecule has 0 aromatic carbocycles. The van der Waals surface area contributed by atoms with E-state index in [0.29, 0.717) is 12.1 Å². The van der Waals surface area contributed by atoms with Crippen LogP contribution in [0.1, 0.15) is 22.3 Å². The van der Waals surface area contributed by atoms with E-state index in [1.54, 1.807) is 27.7 Å². The van der Waals surface area contributed by atoms with Crippen LogP contribution < -0.4 is 5.32 Å². The Labute approximate surface area is 122 Å². The van der Waals surface area contributed by atoms with Crippen LogP contribution in [-0.2, 0) is 13.5 Å². The van der Waals surface area contributed by atoms with Crippen LogP contribution in [0.2, 0.25) is 0 Å². The lowest BCUT2D eigenvalue weighted by atomic mass is 10.2. The zero-order valence-electron chi connectivity index (χ0n) is 11.9. The van der Waals surface area contributed by atoms with Crippen molar-refractivity contribution in [3.05, 3.63) is 54.1 Å². The number of pyridine rings is 1. The van der Waals surface area contributed by atoms with Gasteiger partial charge in [0, 0.05) is 37.7 Å². The molecule has 6 nitrogen and oxygen atoms in total. The van der Waals surface area contributed by atoms with Gasteiger partial charge in [-0.25, -0.2) is 4.52 Å². The molecule has 6 heteroatoms. The number of aromatic nitrogens is 4. The smallest absolute Gasteiger partial charge is 0.251 e. The molecule has 0 radical (unpaired) electrons. The van der Waals surface area contributed by atoms with Crippen LogP contribution >= 0.6 is 0 Å². The Kier molecular flexibility index (Phi) is 3.68. The van der Waals surface area contributed by atoms with Crippen LogP contribution in [-0.4, -0.2) is 31.8 Å². The Morgan fingerprint density at radius 1 is 1.33 bits per heavy atom. The average Bonchev–Trinajstić information content (AvgIpc) is 3.11. The number of aryl methyl sites for hydroxylation is 2. The molecule has 3 rings (SSSR count). The van der Waals surface area contributed by atoms with Gasteiger partial charge in [-0.3, -0.25) is 9.48 Å². The molecule has 0 bridgehead atoms. The minimum absolute atomic E-state index is 0.0510. The van der Waals surface area contributed by atoms with Crippen molar-refractivity contribution in [1.29, 1.82) is 0 Å². The second kappa shape index (κ2) is 5.78. The SMILES string of the molecule is Cn1cc(CCCNC(=O)c2ccn3nccc3c2)cn1. The van der Waals surface area contributed by atoms with Crippen molar-refractivity contribution in [2.75, 3.05) is 6.54 Å². The molecule has 21 heavy (non-hydrogen) atoms. The van der Waals surface area contributed by atoms with Crippen LogP contribution in [0, 0.1) is 0 Å². The van der Waals surface area contributed by atoms with E-state index in [9.17, 15) is 4.79 Å². The van der Waals surface area contributed by atoms with Crippen LogP contribution in [0.15, 0.2) is 43.0 Å².